The van der Waals surface area contributed by atoms with E-state index in [1.807, 2.05) is 0 Å². The molecule has 0 aromatic heterocycles. The van der Waals surface area contributed by atoms with Crippen molar-refractivity contribution in [3.8, 4) is 0 Å². The molecule has 4 atom stereocenters. The van der Waals surface area contributed by atoms with Crippen molar-refractivity contribution >= 4 is 53.5 Å². The third kappa shape index (κ3) is 35.8. The minimum absolute atomic E-state index is 0. The summed E-state index contributed by atoms with van der Waals surface area (Å²) in [7, 11) is -21.0. The van der Waals surface area contributed by atoms with Gasteiger partial charge in [-0.15, -0.1) is 8.67 Å². The summed E-state index contributed by atoms with van der Waals surface area (Å²) in [6, 6.07) is 0. The van der Waals surface area contributed by atoms with Gasteiger partial charge in [-0.05, 0) is 0 Å². The van der Waals surface area contributed by atoms with E-state index in [4.69, 9.17) is 75.9 Å². The van der Waals surface area contributed by atoms with Crippen LogP contribution in [0.25, 0.3) is 0 Å². The summed E-state index contributed by atoms with van der Waals surface area (Å²) in [5, 5.41) is 70.1. The molecule has 0 bridgehead atoms. The number of cyclic esters (lactones) is 2. The number of aliphatic hydroxyl groups excluding tert-OH is 8. The molecule has 0 aromatic carbocycles. The van der Waals surface area contributed by atoms with Gasteiger partial charge in [-0.25, -0.2) is 26.4 Å². The summed E-state index contributed by atoms with van der Waals surface area (Å²) in [6.07, 6.45) is -5.55. The van der Waals surface area contributed by atoms with Crippen molar-refractivity contribution in [2.75, 3.05) is 13.2 Å². The fraction of sp³-hybridized carbons (Fsp3) is 0.500. The van der Waals surface area contributed by atoms with Gasteiger partial charge in [-0.1, -0.05) is 0 Å². The molecule has 0 saturated carbocycles. The summed E-state index contributed by atoms with van der Waals surface area (Å²) >= 11 is 0. The Hall–Kier alpha value is -0.0210. The van der Waals surface area contributed by atoms with Crippen LogP contribution in [-0.4, -0.2) is 151 Å². The normalized spacial score (nSPS) is 18.1. The van der Waals surface area contributed by atoms with Gasteiger partial charge in [-0.3, -0.25) is 16.8 Å². The van der Waals surface area contributed by atoms with E-state index in [0.29, 0.717) is 0 Å². The molecule has 2 aliphatic rings. The quantitative estimate of drug-likeness (QED) is 0.0294. The smallest absolute Gasteiger partial charge is 0.759 e. The molecular formula is C12H16Fe2Na2O28S4. The topological polar surface area (TPSA) is 508 Å². The van der Waals surface area contributed by atoms with Crippen molar-refractivity contribution in [3.63, 3.8) is 0 Å². The molecule has 28 nitrogen and oxygen atoms in total. The largest absolute Gasteiger partial charge is 2.00 e. The molecule has 0 saturated heterocycles. The summed E-state index contributed by atoms with van der Waals surface area (Å²) in [5.74, 6) is -5.56. The first-order valence-corrected chi connectivity index (χ1v) is 14.6. The summed E-state index contributed by atoms with van der Waals surface area (Å²) in [4.78, 5) is 21.1. The Balaban J connectivity index is -0.0000000893. The van der Waals surface area contributed by atoms with E-state index in [0.717, 1.165) is 0 Å². The molecule has 2 heterocycles. The van der Waals surface area contributed by atoms with E-state index >= 15 is 0 Å². The fourth-order valence-corrected chi connectivity index (χ4v) is 2.26. The molecule has 0 unspecified atom stereocenters. The second kappa shape index (κ2) is 27.6. The van der Waals surface area contributed by atoms with E-state index in [2.05, 4.69) is 18.1 Å². The van der Waals surface area contributed by atoms with Gasteiger partial charge in [0.1, 0.15) is 12.2 Å². The van der Waals surface area contributed by atoms with Crippen molar-refractivity contribution in [1.82, 2.24) is 0 Å². The SMILES string of the molecule is O=C1O[C@H]([C@@H](O)CO)C(O)=C1O.O=C1O[C@H]([C@@H](O)CO)C(O)=C1O.O=S(=O)([O-])OOS(=O)(=O)[O-].O=S(=O)([O-])[O-].O=S(=O)([O-])[O-].[Fe+2].[Fe+2].[Na+].[Na+]. The number of hydrogen-bond donors (Lipinski definition) is 8. The number of carbonyl (C=O) groups excluding carboxylic acids is 2. The van der Waals surface area contributed by atoms with Gasteiger partial charge in [0.25, 0.3) is 0 Å². The number of esters is 2. The van der Waals surface area contributed by atoms with Gasteiger partial charge < -0.3 is 77.6 Å². The van der Waals surface area contributed by atoms with Crippen molar-refractivity contribution in [2.24, 2.45) is 0 Å². The summed E-state index contributed by atoms with van der Waals surface area (Å²) in [5.41, 5.74) is 0. The van der Waals surface area contributed by atoms with Crippen LogP contribution in [0.1, 0.15) is 0 Å². The van der Waals surface area contributed by atoms with Gasteiger partial charge >= 0.3 is 105 Å². The molecule has 0 radical (unpaired) electrons. The molecule has 0 fully saturated rings. The van der Waals surface area contributed by atoms with Crippen molar-refractivity contribution in [3.05, 3.63) is 23.0 Å². The van der Waals surface area contributed by atoms with Crippen LogP contribution >= 0.6 is 0 Å². The fourth-order valence-electron chi connectivity index (χ4n) is 1.71. The average molecular weight is 894 g/mol. The molecule has 36 heteroatoms. The maximum atomic E-state index is 10.5. The Morgan fingerprint density at radius 1 is 0.583 bits per heavy atom. The average Bonchev–Trinajstić information content (AvgIpc) is 3.24. The standard InChI is InChI=1S/2C6H8O6.2Fe.2Na.H2O8S2.2H2O4S/c2*7-1-2(8)5-3(9)4(10)6(11)12-5;;;;;1-9(2,3)7-8-10(4,5)6;2*1-5(2,3)4/h2*2,5,7-10H,1H2;;;;;(H,1,2,3)(H,4,5,6);2*(H2,1,2,3,4)/q;;2*+2;2*+1;;;/p-6/t2*2-,5+;;;;;;;/m00......./s1. The number of ether oxygens (including phenoxy) is 2. The van der Waals surface area contributed by atoms with Gasteiger partial charge in [0.2, 0.25) is 32.3 Å². The second-order valence-corrected chi connectivity index (χ2v) is 9.93. The first-order valence-electron chi connectivity index (χ1n) is 9.23. The number of rotatable bonds is 7. The molecule has 48 heavy (non-hydrogen) atoms. The Bertz CT molecular complexity index is 1350. The third-order valence-corrected chi connectivity index (χ3v) is 3.70. The Morgan fingerprint density at radius 2 is 0.771 bits per heavy atom. The third-order valence-electron chi connectivity index (χ3n) is 3.15. The molecule has 0 aromatic rings. The predicted octanol–water partition coefficient (Wildman–Crippen LogP) is -13.6. The van der Waals surface area contributed by atoms with Gasteiger partial charge in [0, 0.05) is 20.8 Å². The van der Waals surface area contributed by atoms with Gasteiger partial charge in [-0.2, -0.15) is 0 Å². The van der Waals surface area contributed by atoms with Crippen LogP contribution in [0.15, 0.2) is 23.0 Å². The van der Waals surface area contributed by atoms with Crippen molar-refractivity contribution < 1.29 is 223 Å². The van der Waals surface area contributed by atoms with E-state index in [1.165, 1.54) is 0 Å². The van der Waals surface area contributed by atoms with Gasteiger partial charge in [0.15, 0.2) is 23.7 Å². The van der Waals surface area contributed by atoms with E-state index < -0.39 is 114 Å². The molecule has 0 aliphatic carbocycles. The summed E-state index contributed by atoms with van der Waals surface area (Å²) < 4.78 is 138. The number of aliphatic hydroxyl groups is 8. The van der Waals surface area contributed by atoms with E-state index in [1.54, 1.807) is 0 Å². The Kier molecular flexibility index (Phi) is 36.3. The molecule has 0 amide bonds. The van der Waals surface area contributed by atoms with Crippen LogP contribution in [0.4, 0.5) is 0 Å². The van der Waals surface area contributed by atoms with Crippen LogP contribution < -0.4 is 59.1 Å². The molecular weight excluding hydrogens is 878 g/mol. The zero-order valence-corrected chi connectivity index (χ0v) is 32.3. The molecule has 0 spiro atoms. The van der Waals surface area contributed by atoms with Crippen LogP contribution in [0, 0.1) is 0 Å². The first-order chi connectivity index (χ1) is 19.4. The minimum Gasteiger partial charge on any atom is -0.759 e. The monoisotopic (exact) mass is 894 g/mol. The maximum Gasteiger partial charge on any atom is 2.00 e. The molecule has 8 N–H and O–H groups in total. The zero-order valence-electron chi connectivity index (χ0n) is 22.8. The molecule has 2 rings (SSSR count). The Labute approximate surface area is 333 Å². The Morgan fingerprint density at radius 3 is 0.875 bits per heavy atom. The zero-order chi connectivity index (χ0) is 36.0. The molecule has 274 valence electrons. The minimum atomic E-state index is -5.31. The van der Waals surface area contributed by atoms with Crippen molar-refractivity contribution in [2.45, 2.75) is 24.4 Å². The van der Waals surface area contributed by atoms with Crippen LogP contribution in [0.2, 0.25) is 0 Å². The second-order valence-electron chi connectivity index (χ2n) is 6.39. The van der Waals surface area contributed by atoms with Crippen LogP contribution in [0.3, 0.4) is 0 Å². The van der Waals surface area contributed by atoms with E-state index in [-0.39, 0.29) is 93.3 Å². The van der Waals surface area contributed by atoms with Crippen molar-refractivity contribution in [1.29, 1.82) is 0 Å². The van der Waals surface area contributed by atoms with Gasteiger partial charge in [0.05, 0.1) is 13.2 Å². The first kappa shape index (κ1) is 63.1. The van der Waals surface area contributed by atoms with E-state index in [9.17, 15) is 35.5 Å². The molecule has 2 aliphatic heterocycles. The summed E-state index contributed by atoms with van der Waals surface area (Å²) in [6.45, 7) is -1.34. The van der Waals surface area contributed by atoms with Crippen LogP contribution in [0.5, 0.6) is 0 Å². The number of hydrogen-bond acceptors (Lipinski definition) is 28. The van der Waals surface area contributed by atoms with Crippen LogP contribution in [-0.2, 0) is 103 Å². The number of carbonyl (C=O) groups is 2. The predicted molar refractivity (Wildman–Crippen MR) is 113 cm³/mol. The maximum absolute atomic E-state index is 10.5.